The van der Waals surface area contributed by atoms with E-state index < -0.39 is 38.5 Å². The lowest BCUT2D eigenvalue weighted by atomic mass is 10.1. The van der Waals surface area contributed by atoms with E-state index in [0.29, 0.717) is 27.5 Å². The third-order valence-corrected chi connectivity index (χ3v) is 10.1. The van der Waals surface area contributed by atoms with Crippen LogP contribution < -0.4 is 11.1 Å². The molecule has 2 fully saturated rings. The number of nitrogens with zero attached hydrogens (tertiary/aromatic N) is 1. The van der Waals surface area contributed by atoms with Crippen LogP contribution in [0.2, 0.25) is 0 Å². The highest BCUT2D eigenvalue weighted by Gasteiger charge is 2.38. The lowest BCUT2D eigenvalue weighted by Crippen LogP contribution is -2.52. The highest BCUT2D eigenvalue weighted by molar-refractivity contribution is 9.10. The molecule has 14 heteroatoms. The first kappa shape index (κ1) is 24.4. The maximum absolute atomic E-state index is 13.5. The number of aromatic nitrogens is 1. The van der Waals surface area contributed by atoms with Gasteiger partial charge in [-0.25, -0.2) is 8.42 Å². The molecule has 182 valence electrons. The number of primary amides is 1. The summed E-state index contributed by atoms with van der Waals surface area (Å²) < 4.78 is 53.8. The summed E-state index contributed by atoms with van der Waals surface area (Å²) in [7, 11) is -6.76. The van der Waals surface area contributed by atoms with Gasteiger partial charge in [0.05, 0.1) is 6.61 Å². The number of hydrogen-bond acceptors (Lipinski definition) is 7. The number of sulfonamides is 1. The Balaban J connectivity index is 1.53. The summed E-state index contributed by atoms with van der Waals surface area (Å²) in [4.78, 5) is 27.2. The SMILES string of the molecule is NC(=O)c1[nH]c2ccc(Br)cc2c1S(=O)(=O)N1CCOC(C(=O)NCC2CCS(O)(O)C2)C1. The maximum atomic E-state index is 13.5. The normalized spacial score (nSPS) is 24.6. The maximum Gasteiger partial charge on any atom is 0.266 e. The van der Waals surface area contributed by atoms with E-state index >= 15 is 0 Å². The van der Waals surface area contributed by atoms with Crippen LogP contribution in [0, 0.1) is 5.92 Å². The molecule has 0 spiro atoms. The second kappa shape index (κ2) is 9.17. The Hall–Kier alpha value is -1.68. The lowest BCUT2D eigenvalue weighted by Gasteiger charge is -2.31. The fourth-order valence-electron chi connectivity index (χ4n) is 4.13. The quantitative estimate of drug-likeness (QED) is 0.351. The van der Waals surface area contributed by atoms with Gasteiger partial charge in [-0.05, 0) is 30.5 Å². The van der Waals surface area contributed by atoms with E-state index in [-0.39, 0.29) is 48.5 Å². The monoisotopic (exact) mass is 564 g/mol. The van der Waals surface area contributed by atoms with E-state index in [1.165, 1.54) is 0 Å². The number of nitrogens with two attached hydrogens (primary N) is 1. The highest BCUT2D eigenvalue weighted by Crippen LogP contribution is 2.48. The van der Waals surface area contributed by atoms with Crippen molar-refractivity contribution in [2.75, 3.05) is 37.7 Å². The topological polar surface area (TPSA) is 175 Å². The number of carbonyl (C=O) groups excluding carboxylic acids is 2. The molecule has 2 unspecified atom stereocenters. The van der Waals surface area contributed by atoms with Crippen LogP contribution in [0.1, 0.15) is 16.9 Å². The number of hydrogen-bond donors (Lipinski definition) is 5. The molecular formula is C19H25BrN4O7S2. The molecule has 0 aliphatic carbocycles. The van der Waals surface area contributed by atoms with Gasteiger partial charge in [-0.2, -0.15) is 14.9 Å². The molecule has 2 atom stereocenters. The fraction of sp³-hybridized carbons (Fsp3) is 0.474. The third-order valence-electron chi connectivity index (χ3n) is 5.80. The molecule has 0 radical (unpaired) electrons. The van der Waals surface area contributed by atoms with E-state index in [0.717, 1.165) is 4.31 Å². The largest absolute Gasteiger partial charge is 0.366 e. The molecule has 2 amide bonds. The van der Waals surface area contributed by atoms with E-state index in [9.17, 15) is 27.1 Å². The zero-order chi connectivity index (χ0) is 24.0. The smallest absolute Gasteiger partial charge is 0.266 e. The van der Waals surface area contributed by atoms with Crippen molar-refractivity contribution < 1.29 is 31.8 Å². The summed E-state index contributed by atoms with van der Waals surface area (Å²) in [5.74, 6) is -0.875. The van der Waals surface area contributed by atoms with Crippen LogP contribution in [0.4, 0.5) is 0 Å². The van der Waals surface area contributed by atoms with Crippen LogP contribution in [-0.4, -0.2) is 82.5 Å². The number of H-pyrrole nitrogens is 1. The van der Waals surface area contributed by atoms with Crippen LogP contribution >= 0.6 is 26.5 Å². The number of benzene rings is 1. The first-order chi connectivity index (χ1) is 15.5. The van der Waals surface area contributed by atoms with E-state index in [2.05, 4.69) is 26.2 Å². The summed E-state index contributed by atoms with van der Waals surface area (Å²) in [5, 5.41) is 3.04. The molecule has 11 nitrogen and oxygen atoms in total. The standard InChI is InChI=1S/C19H25BrN4O7S2/c20-12-1-2-14-13(7-12)17(16(23-14)18(21)25)33(29,30)24-4-5-31-15(9-24)19(26)22-8-11-3-6-32(27,28)10-11/h1-2,7,11,15,23,27-28H,3-6,8-10H2,(H2,21,25)(H,22,26). The Kier molecular flexibility index (Phi) is 6.79. The molecule has 0 saturated carbocycles. The molecule has 2 aromatic rings. The molecule has 33 heavy (non-hydrogen) atoms. The molecule has 6 N–H and O–H groups in total. The number of ether oxygens (including phenoxy) is 1. The van der Waals surface area contributed by atoms with Crippen molar-refractivity contribution in [1.82, 2.24) is 14.6 Å². The van der Waals surface area contributed by atoms with Gasteiger partial charge in [-0.3, -0.25) is 18.7 Å². The number of fused-ring (bicyclic) bond motifs is 1. The molecule has 1 aromatic heterocycles. The van der Waals surface area contributed by atoms with Gasteiger partial charge >= 0.3 is 0 Å². The van der Waals surface area contributed by atoms with Crippen molar-refractivity contribution in [3.05, 3.63) is 28.4 Å². The molecule has 4 rings (SSSR count). The number of carbonyl (C=O) groups is 2. The number of aromatic amines is 1. The van der Waals surface area contributed by atoms with Crippen LogP contribution in [0.15, 0.2) is 27.6 Å². The van der Waals surface area contributed by atoms with Crippen molar-refractivity contribution in [3.8, 4) is 0 Å². The van der Waals surface area contributed by atoms with Gasteiger partial charge in [0.15, 0.2) is 0 Å². The van der Waals surface area contributed by atoms with Crippen molar-refractivity contribution in [2.45, 2.75) is 17.4 Å². The van der Waals surface area contributed by atoms with Crippen molar-refractivity contribution >= 4 is 59.3 Å². The average molecular weight is 565 g/mol. The van der Waals surface area contributed by atoms with E-state index in [4.69, 9.17) is 10.5 Å². The van der Waals surface area contributed by atoms with Crippen molar-refractivity contribution in [1.29, 1.82) is 0 Å². The molecule has 2 aliphatic rings. The van der Waals surface area contributed by atoms with Crippen LogP contribution in [0.5, 0.6) is 0 Å². The second-order valence-corrected chi connectivity index (χ2v) is 13.3. The molecule has 1 aromatic carbocycles. The van der Waals surface area contributed by atoms with Gasteiger partial charge in [0.1, 0.15) is 16.7 Å². The van der Waals surface area contributed by atoms with Crippen LogP contribution in [0.25, 0.3) is 10.9 Å². The third kappa shape index (κ3) is 5.06. The Bertz CT molecular complexity index is 1200. The minimum Gasteiger partial charge on any atom is -0.366 e. The molecule has 3 heterocycles. The molecule has 2 saturated heterocycles. The molecule has 2 aliphatic heterocycles. The summed E-state index contributed by atoms with van der Waals surface area (Å²) in [5.41, 5.74) is 5.66. The summed E-state index contributed by atoms with van der Waals surface area (Å²) in [6.07, 6.45) is -0.440. The Morgan fingerprint density at radius 2 is 2.12 bits per heavy atom. The van der Waals surface area contributed by atoms with Crippen LogP contribution in [-0.2, 0) is 19.6 Å². The van der Waals surface area contributed by atoms with Gasteiger partial charge < -0.3 is 20.8 Å². The van der Waals surface area contributed by atoms with Crippen molar-refractivity contribution in [3.63, 3.8) is 0 Å². The minimum absolute atomic E-state index is 0.000755. The molecular weight excluding hydrogens is 540 g/mol. The summed E-state index contributed by atoms with van der Waals surface area (Å²) in [6, 6.07) is 4.93. The van der Waals surface area contributed by atoms with Gasteiger partial charge in [0.25, 0.3) is 11.8 Å². The van der Waals surface area contributed by atoms with Gasteiger partial charge in [-0.1, -0.05) is 15.9 Å². The number of morpholine rings is 1. The summed E-state index contributed by atoms with van der Waals surface area (Å²) in [6.45, 7) is 0.0320. The average Bonchev–Trinajstić information content (AvgIpc) is 3.31. The zero-order valence-corrected chi connectivity index (χ0v) is 20.7. The molecule has 0 bridgehead atoms. The van der Waals surface area contributed by atoms with E-state index in [1.54, 1.807) is 18.2 Å². The Morgan fingerprint density at radius 1 is 1.36 bits per heavy atom. The van der Waals surface area contributed by atoms with Gasteiger partial charge in [0.2, 0.25) is 10.0 Å². The van der Waals surface area contributed by atoms with E-state index in [1.807, 2.05) is 0 Å². The summed E-state index contributed by atoms with van der Waals surface area (Å²) >= 11 is 3.32. The predicted molar refractivity (Wildman–Crippen MR) is 127 cm³/mol. The zero-order valence-electron chi connectivity index (χ0n) is 17.5. The first-order valence-corrected chi connectivity index (χ1v) is 14.3. The number of halogens is 1. The number of nitrogens with one attached hydrogen (secondary N) is 2. The first-order valence-electron chi connectivity index (χ1n) is 10.2. The number of rotatable bonds is 6. The lowest BCUT2D eigenvalue weighted by molar-refractivity contribution is -0.136. The van der Waals surface area contributed by atoms with Gasteiger partial charge in [0, 0.05) is 46.5 Å². The highest BCUT2D eigenvalue weighted by atomic mass is 79.9. The van der Waals surface area contributed by atoms with Crippen LogP contribution in [0.3, 0.4) is 0 Å². The van der Waals surface area contributed by atoms with Crippen molar-refractivity contribution in [2.24, 2.45) is 11.7 Å². The van der Waals surface area contributed by atoms with Gasteiger partial charge in [-0.15, -0.1) is 0 Å². The predicted octanol–water partition coefficient (Wildman–Crippen LogP) is 1.31. The second-order valence-electron chi connectivity index (χ2n) is 8.18. The Morgan fingerprint density at radius 3 is 2.79 bits per heavy atom. The number of amides is 2. The fourth-order valence-corrected chi connectivity index (χ4v) is 8.17. The minimum atomic E-state index is -4.19. The Labute approximate surface area is 200 Å².